The number of anilines is 1. The first-order valence-corrected chi connectivity index (χ1v) is 6.03. The number of hydrogen-bond donors (Lipinski definition) is 1. The van der Waals surface area contributed by atoms with Crippen LogP contribution >= 0.6 is 0 Å². The summed E-state index contributed by atoms with van der Waals surface area (Å²) in [6, 6.07) is 1.67. The molecule has 1 aromatic heterocycles. The Labute approximate surface area is 102 Å². The van der Waals surface area contributed by atoms with Crippen LogP contribution in [0.4, 0.5) is 5.69 Å². The van der Waals surface area contributed by atoms with Crippen molar-refractivity contribution in [1.82, 2.24) is 9.88 Å². The van der Waals surface area contributed by atoms with Gasteiger partial charge in [0.25, 0.3) is 0 Å². The smallest absolute Gasteiger partial charge is 0.186 e. The molecule has 0 bridgehead atoms. The summed E-state index contributed by atoms with van der Waals surface area (Å²) >= 11 is 0. The molecule has 0 spiro atoms. The molecule has 2 heterocycles. The van der Waals surface area contributed by atoms with Crippen molar-refractivity contribution in [3.05, 3.63) is 24.0 Å². The molecule has 0 aliphatic carbocycles. The quantitative estimate of drug-likeness (QED) is 0.808. The zero-order valence-corrected chi connectivity index (χ0v) is 10.4. The summed E-state index contributed by atoms with van der Waals surface area (Å²) in [4.78, 5) is 18.7. The van der Waals surface area contributed by atoms with E-state index in [1.807, 2.05) is 13.8 Å². The topological polar surface area (TPSA) is 59.2 Å². The molecule has 0 saturated carbocycles. The van der Waals surface area contributed by atoms with Crippen molar-refractivity contribution >= 4 is 11.5 Å². The van der Waals surface area contributed by atoms with Gasteiger partial charge in [0.2, 0.25) is 0 Å². The Bertz CT molecular complexity index is 422. The van der Waals surface area contributed by atoms with Crippen molar-refractivity contribution in [2.24, 2.45) is 0 Å². The molecule has 4 heteroatoms. The summed E-state index contributed by atoms with van der Waals surface area (Å²) in [5.74, 6) is 0.0602. The van der Waals surface area contributed by atoms with Gasteiger partial charge in [-0.1, -0.05) is 0 Å². The SMILES string of the molecule is CC(C)(C(=O)c1cnccc1N)N1CCCC1. The molecular formula is C13H19N3O. The molecule has 92 valence electrons. The Hall–Kier alpha value is -1.42. The Kier molecular flexibility index (Phi) is 3.15. The number of Topliss-reactive ketones (excluding diaryl/α,β-unsaturated/α-hetero) is 1. The van der Waals surface area contributed by atoms with Crippen molar-refractivity contribution in [3.63, 3.8) is 0 Å². The number of likely N-dealkylation sites (tertiary alicyclic amines) is 1. The second-order valence-corrected chi connectivity index (χ2v) is 5.05. The lowest BCUT2D eigenvalue weighted by Crippen LogP contribution is -2.48. The Balaban J connectivity index is 2.27. The second kappa shape index (κ2) is 4.45. The van der Waals surface area contributed by atoms with Gasteiger partial charge in [-0.25, -0.2) is 0 Å². The fourth-order valence-electron chi connectivity index (χ4n) is 2.34. The number of aromatic nitrogens is 1. The van der Waals surface area contributed by atoms with Crippen molar-refractivity contribution in [3.8, 4) is 0 Å². The van der Waals surface area contributed by atoms with Gasteiger partial charge >= 0.3 is 0 Å². The highest BCUT2D eigenvalue weighted by Crippen LogP contribution is 2.26. The average Bonchev–Trinajstić information content (AvgIpc) is 2.83. The third kappa shape index (κ3) is 2.17. The summed E-state index contributed by atoms with van der Waals surface area (Å²) in [6.45, 7) is 5.90. The third-order valence-electron chi connectivity index (χ3n) is 3.55. The van der Waals surface area contributed by atoms with Crippen LogP contribution in [0.15, 0.2) is 18.5 Å². The van der Waals surface area contributed by atoms with Crippen molar-refractivity contribution < 1.29 is 4.79 Å². The van der Waals surface area contributed by atoms with Crippen LogP contribution in [0.3, 0.4) is 0 Å². The van der Waals surface area contributed by atoms with Gasteiger partial charge in [-0.3, -0.25) is 14.7 Å². The Morgan fingerprint density at radius 2 is 2.06 bits per heavy atom. The van der Waals surface area contributed by atoms with Crippen molar-refractivity contribution in [1.29, 1.82) is 0 Å². The van der Waals surface area contributed by atoms with Gasteiger partial charge in [-0.05, 0) is 45.8 Å². The molecule has 1 fully saturated rings. The molecule has 0 radical (unpaired) electrons. The molecular weight excluding hydrogens is 214 g/mol. The highest BCUT2D eigenvalue weighted by Gasteiger charge is 2.37. The number of hydrogen-bond acceptors (Lipinski definition) is 4. The molecule has 1 aliphatic heterocycles. The molecule has 1 aliphatic rings. The first-order chi connectivity index (χ1) is 8.03. The summed E-state index contributed by atoms with van der Waals surface area (Å²) < 4.78 is 0. The van der Waals surface area contributed by atoms with E-state index in [0.717, 1.165) is 13.1 Å². The number of ketones is 1. The number of nitrogens with zero attached hydrogens (tertiary/aromatic N) is 2. The van der Waals surface area contributed by atoms with Crippen LogP contribution in [0.25, 0.3) is 0 Å². The zero-order chi connectivity index (χ0) is 12.5. The molecule has 1 aromatic rings. The van der Waals surface area contributed by atoms with Crippen LogP contribution < -0.4 is 5.73 Å². The van der Waals surface area contributed by atoms with E-state index in [9.17, 15) is 4.79 Å². The molecule has 0 amide bonds. The van der Waals surface area contributed by atoms with Gasteiger partial charge in [0.15, 0.2) is 5.78 Å². The number of nitrogens with two attached hydrogens (primary N) is 1. The molecule has 1 saturated heterocycles. The van der Waals surface area contributed by atoms with Gasteiger partial charge < -0.3 is 5.73 Å². The van der Waals surface area contributed by atoms with Gasteiger partial charge in [0, 0.05) is 18.1 Å². The predicted molar refractivity (Wildman–Crippen MR) is 67.9 cm³/mol. The Morgan fingerprint density at radius 1 is 1.41 bits per heavy atom. The number of rotatable bonds is 3. The third-order valence-corrected chi connectivity index (χ3v) is 3.55. The standard InChI is InChI=1S/C13H19N3O/c1-13(2,16-7-3-4-8-16)12(17)10-9-15-6-5-11(10)14/h5-6,9H,3-4,7-8H2,1-2H3,(H2,14,15). The maximum atomic E-state index is 12.5. The van der Waals surface area contributed by atoms with E-state index in [1.165, 1.54) is 12.8 Å². The van der Waals surface area contributed by atoms with Gasteiger partial charge in [-0.2, -0.15) is 0 Å². The van der Waals surface area contributed by atoms with Crippen molar-refractivity contribution in [2.75, 3.05) is 18.8 Å². The second-order valence-electron chi connectivity index (χ2n) is 5.05. The van der Waals surface area contributed by atoms with E-state index in [0.29, 0.717) is 11.3 Å². The maximum absolute atomic E-state index is 12.5. The lowest BCUT2D eigenvalue weighted by atomic mass is 9.91. The van der Waals surface area contributed by atoms with Crippen molar-refractivity contribution in [2.45, 2.75) is 32.2 Å². The minimum atomic E-state index is -0.492. The fraction of sp³-hybridized carbons (Fsp3) is 0.538. The largest absolute Gasteiger partial charge is 0.398 e. The molecule has 2 N–H and O–H groups in total. The lowest BCUT2D eigenvalue weighted by molar-refractivity contribution is 0.0703. The van der Waals surface area contributed by atoms with Crippen LogP contribution in [0, 0.1) is 0 Å². The average molecular weight is 233 g/mol. The summed E-state index contributed by atoms with van der Waals surface area (Å²) in [7, 11) is 0. The van der Waals surface area contributed by atoms with E-state index in [2.05, 4.69) is 9.88 Å². The van der Waals surface area contributed by atoms with E-state index in [4.69, 9.17) is 5.73 Å². The molecule has 0 atom stereocenters. The molecule has 2 rings (SSSR count). The van der Waals surface area contributed by atoms with E-state index in [-0.39, 0.29) is 5.78 Å². The maximum Gasteiger partial charge on any atom is 0.186 e. The summed E-state index contributed by atoms with van der Waals surface area (Å²) in [5, 5.41) is 0. The molecule has 4 nitrogen and oxygen atoms in total. The number of carbonyl (C=O) groups excluding carboxylic acids is 1. The highest BCUT2D eigenvalue weighted by atomic mass is 16.1. The van der Waals surface area contributed by atoms with Gasteiger partial charge in [0.1, 0.15) is 0 Å². The first-order valence-electron chi connectivity index (χ1n) is 6.03. The minimum Gasteiger partial charge on any atom is -0.398 e. The number of carbonyl (C=O) groups is 1. The molecule has 0 unspecified atom stereocenters. The first kappa shape index (κ1) is 12.0. The zero-order valence-electron chi connectivity index (χ0n) is 10.4. The lowest BCUT2D eigenvalue weighted by Gasteiger charge is -2.34. The minimum absolute atomic E-state index is 0.0602. The van der Waals surface area contributed by atoms with Crippen LogP contribution in [0.2, 0.25) is 0 Å². The highest BCUT2D eigenvalue weighted by molar-refractivity contribution is 6.06. The van der Waals surface area contributed by atoms with E-state index >= 15 is 0 Å². The molecule has 0 aromatic carbocycles. The van der Waals surface area contributed by atoms with Crippen LogP contribution in [0.5, 0.6) is 0 Å². The number of pyridine rings is 1. The fourth-order valence-corrected chi connectivity index (χ4v) is 2.34. The van der Waals surface area contributed by atoms with Crippen LogP contribution in [-0.4, -0.2) is 34.3 Å². The number of nitrogen functional groups attached to an aromatic ring is 1. The van der Waals surface area contributed by atoms with Crippen LogP contribution in [0.1, 0.15) is 37.0 Å². The summed E-state index contributed by atoms with van der Waals surface area (Å²) in [5.41, 5.74) is 6.39. The molecule has 17 heavy (non-hydrogen) atoms. The Morgan fingerprint density at radius 3 is 2.65 bits per heavy atom. The van der Waals surface area contributed by atoms with Crippen LogP contribution in [-0.2, 0) is 0 Å². The summed E-state index contributed by atoms with van der Waals surface area (Å²) in [6.07, 6.45) is 5.50. The predicted octanol–water partition coefficient (Wildman–Crippen LogP) is 1.72. The van der Waals surface area contributed by atoms with Gasteiger partial charge in [-0.15, -0.1) is 0 Å². The normalized spacial score (nSPS) is 17.3. The van der Waals surface area contributed by atoms with E-state index < -0.39 is 5.54 Å². The van der Waals surface area contributed by atoms with Gasteiger partial charge in [0.05, 0.1) is 11.1 Å². The monoisotopic (exact) mass is 233 g/mol. The van der Waals surface area contributed by atoms with E-state index in [1.54, 1.807) is 18.5 Å².